The molecule has 0 bridgehead atoms. The van der Waals surface area contributed by atoms with Crippen molar-refractivity contribution >= 4 is 22.6 Å². The molecule has 5 nitrogen and oxygen atoms in total. The van der Waals surface area contributed by atoms with Gasteiger partial charge in [-0.25, -0.2) is 0 Å². The van der Waals surface area contributed by atoms with E-state index in [1.165, 1.54) is 12.1 Å². The maximum atomic E-state index is 12.7. The van der Waals surface area contributed by atoms with E-state index >= 15 is 0 Å². The van der Waals surface area contributed by atoms with Crippen molar-refractivity contribution in [3.05, 3.63) is 63.3 Å². The highest BCUT2D eigenvalue weighted by Gasteiger charge is 2.32. The van der Waals surface area contributed by atoms with Crippen molar-refractivity contribution < 1.29 is 14.6 Å². The molecule has 0 aliphatic carbocycles. The van der Waals surface area contributed by atoms with Gasteiger partial charge in [0.15, 0.2) is 5.43 Å². The van der Waals surface area contributed by atoms with Crippen LogP contribution in [0.2, 0.25) is 5.02 Å². The van der Waals surface area contributed by atoms with E-state index in [-0.39, 0.29) is 17.1 Å². The van der Waals surface area contributed by atoms with Crippen LogP contribution in [0.15, 0.2) is 51.7 Å². The zero-order valence-electron chi connectivity index (χ0n) is 14.9. The van der Waals surface area contributed by atoms with Crippen LogP contribution in [-0.4, -0.2) is 41.4 Å². The van der Waals surface area contributed by atoms with Crippen LogP contribution in [-0.2, 0) is 0 Å². The molecule has 0 radical (unpaired) electrons. The van der Waals surface area contributed by atoms with Crippen LogP contribution in [0.4, 0.5) is 0 Å². The molecule has 27 heavy (non-hydrogen) atoms. The van der Waals surface area contributed by atoms with Gasteiger partial charge in [0.05, 0.1) is 16.5 Å². The summed E-state index contributed by atoms with van der Waals surface area (Å²) in [5, 5.41) is 22.0. The van der Waals surface area contributed by atoms with Crippen molar-refractivity contribution in [1.82, 2.24) is 4.90 Å². The van der Waals surface area contributed by atoms with Gasteiger partial charge < -0.3 is 19.5 Å². The number of hydrogen-bond acceptors (Lipinski definition) is 5. The lowest BCUT2D eigenvalue weighted by atomic mass is 9.85. The van der Waals surface area contributed by atoms with Gasteiger partial charge in [-0.2, -0.15) is 0 Å². The van der Waals surface area contributed by atoms with E-state index < -0.39 is 6.10 Å². The van der Waals surface area contributed by atoms with Gasteiger partial charge in [0.25, 0.3) is 0 Å². The molecule has 0 saturated carbocycles. The largest absolute Gasteiger partial charge is 0.508 e. The average Bonchev–Trinajstić information content (AvgIpc) is 2.63. The number of phenolic OH excluding ortho intramolecular Hbond substituents is 1. The number of likely N-dealkylation sites (tertiary alicyclic amines) is 1. The molecule has 0 amide bonds. The summed E-state index contributed by atoms with van der Waals surface area (Å²) >= 11 is 6.26. The van der Waals surface area contributed by atoms with E-state index in [0.29, 0.717) is 45.8 Å². The Bertz CT molecular complexity index is 1060. The van der Waals surface area contributed by atoms with Crippen LogP contribution < -0.4 is 5.43 Å². The minimum atomic E-state index is -0.658. The maximum Gasteiger partial charge on any atom is 0.193 e. The number of aliphatic hydroxyl groups excluding tert-OH is 1. The molecule has 1 aliphatic rings. The van der Waals surface area contributed by atoms with Crippen LogP contribution >= 0.6 is 11.6 Å². The molecule has 1 saturated heterocycles. The number of β-amino-alcohol motifs (C(OH)–C–C–N with tert-alkyl or cyclic N) is 1. The van der Waals surface area contributed by atoms with E-state index in [1.54, 1.807) is 24.3 Å². The van der Waals surface area contributed by atoms with Crippen molar-refractivity contribution in [2.75, 3.05) is 20.1 Å². The Kier molecular flexibility index (Phi) is 4.68. The molecule has 2 heterocycles. The summed E-state index contributed by atoms with van der Waals surface area (Å²) in [5.41, 5.74) is 1.19. The standard InChI is InChI=1S/C21H20ClNO4/c1-23-9-8-13(18(26)11-23)20-16(24)7-6-14-17(25)10-19(27-21(14)20)12-4-2-3-5-15(12)22/h2-7,10,13,18,24,26H,8-9,11H2,1H3. The third-order valence-corrected chi connectivity index (χ3v) is 5.54. The number of piperidine rings is 1. The van der Waals surface area contributed by atoms with Crippen molar-refractivity contribution in [3.63, 3.8) is 0 Å². The lowest BCUT2D eigenvalue weighted by molar-refractivity contribution is 0.0631. The van der Waals surface area contributed by atoms with E-state index in [1.807, 2.05) is 18.0 Å². The minimum Gasteiger partial charge on any atom is -0.508 e. The molecule has 1 aliphatic heterocycles. The number of rotatable bonds is 2. The second-order valence-electron chi connectivity index (χ2n) is 7.05. The fourth-order valence-electron chi connectivity index (χ4n) is 3.81. The Labute approximate surface area is 161 Å². The summed E-state index contributed by atoms with van der Waals surface area (Å²) < 4.78 is 6.08. The number of halogens is 1. The number of hydrogen-bond donors (Lipinski definition) is 2. The smallest absolute Gasteiger partial charge is 0.193 e. The first-order valence-corrected chi connectivity index (χ1v) is 9.24. The molecule has 6 heteroatoms. The first-order chi connectivity index (χ1) is 13.0. The number of aliphatic hydroxyl groups is 1. The quantitative estimate of drug-likeness (QED) is 0.705. The molecule has 0 spiro atoms. The van der Waals surface area contributed by atoms with Crippen molar-refractivity contribution in [3.8, 4) is 17.1 Å². The molecule has 3 aromatic rings. The molecule has 2 atom stereocenters. The SMILES string of the molecule is CN1CCC(c2c(O)ccc3c(=O)cc(-c4ccccc4Cl)oc23)C(O)C1. The molecule has 2 N–H and O–H groups in total. The first-order valence-electron chi connectivity index (χ1n) is 8.87. The number of benzene rings is 2. The van der Waals surface area contributed by atoms with E-state index in [0.717, 1.165) is 6.54 Å². The summed E-state index contributed by atoms with van der Waals surface area (Å²) in [5.74, 6) is 0.0532. The van der Waals surface area contributed by atoms with Gasteiger partial charge in [-0.15, -0.1) is 0 Å². The van der Waals surface area contributed by atoms with Gasteiger partial charge in [-0.3, -0.25) is 4.79 Å². The molecular weight excluding hydrogens is 366 g/mol. The topological polar surface area (TPSA) is 73.9 Å². The lowest BCUT2D eigenvalue weighted by Crippen LogP contribution is -2.40. The van der Waals surface area contributed by atoms with Gasteiger partial charge >= 0.3 is 0 Å². The highest BCUT2D eigenvalue weighted by molar-refractivity contribution is 6.33. The third kappa shape index (κ3) is 3.23. The Hall–Kier alpha value is -2.34. The second-order valence-corrected chi connectivity index (χ2v) is 7.46. The summed E-state index contributed by atoms with van der Waals surface area (Å²) in [6.45, 7) is 1.28. The molecule has 140 valence electrons. The Morgan fingerprint density at radius 3 is 2.74 bits per heavy atom. The second kappa shape index (κ2) is 7.00. The maximum absolute atomic E-state index is 12.7. The fourth-order valence-corrected chi connectivity index (χ4v) is 4.04. The summed E-state index contributed by atoms with van der Waals surface area (Å²) in [4.78, 5) is 14.7. The van der Waals surface area contributed by atoms with Crippen LogP contribution in [0.25, 0.3) is 22.3 Å². The zero-order valence-corrected chi connectivity index (χ0v) is 15.6. The third-order valence-electron chi connectivity index (χ3n) is 5.21. The molecular formula is C21H20ClNO4. The number of phenols is 1. The van der Waals surface area contributed by atoms with Crippen molar-refractivity contribution in [1.29, 1.82) is 0 Å². The summed E-state index contributed by atoms with van der Waals surface area (Å²) in [7, 11) is 1.94. The highest BCUT2D eigenvalue weighted by Crippen LogP contribution is 2.39. The van der Waals surface area contributed by atoms with Crippen molar-refractivity contribution in [2.24, 2.45) is 0 Å². The van der Waals surface area contributed by atoms with Crippen LogP contribution in [0.5, 0.6) is 5.75 Å². The number of aromatic hydroxyl groups is 1. The molecule has 2 aromatic carbocycles. The van der Waals surface area contributed by atoms with Crippen LogP contribution in [0.1, 0.15) is 17.9 Å². The fraction of sp³-hybridized carbons (Fsp3) is 0.286. The Balaban J connectivity index is 1.95. The molecule has 1 aromatic heterocycles. The lowest BCUT2D eigenvalue weighted by Gasteiger charge is -2.34. The zero-order chi connectivity index (χ0) is 19.1. The number of fused-ring (bicyclic) bond motifs is 1. The minimum absolute atomic E-state index is 0.0237. The predicted molar refractivity (Wildman–Crippen MR) is 105 cm³/mol. The normalized spacial score (nSPS) is 20.9. The van der Waals surface area contributed by atoms with Gasteiger partial charge in [0.2, 0.25) is 0 Å². The van der Waals surface area contributed by atoms with E-state index in [4.69, 9.17) is 16.0 Å². The Morgan fingerprint density at radius 2 is 2.00 bits per heavy atom. The average molecular weight is 386 g/mol. The van der Waals surface area contributed by atoms with Gasteiger partial charge in [-0.05, 0) is 44.3 Å². The monoisotopic (exact) mass is 385 g/mol. The van der Waals surface area contributed by atoms with Gasteiger partial charge in [0, 0.05) is 29.7 Å². The van der Waals surface area contributed by atoms with Crippen LogP contribution in [0, 0.1) is 0 Å². The van der Waals surface area contributed by atoms with E-state index in [9.17, 15) is 15.0 Å². The summed E-state index contributed by atoms with van der Waals surface area (Å²) in [6, 6.07) is 11.6. The highest BCUT2D eigenvalue weighted by atomic mass is 35.5. The van der Waals surface area contributed by atoms with Gasteiger partial charge in [0.1, 0.15) is 17.1 Å². The summed E-state index contributed by atoms with van der Waals surface area (Å²) in [6.07, 6.45) is -0.000736. The number of likely N-dealkylation sites (N-methyl/N-ethyl adjacent to an activating group) is 1. The molecule has 4 rings (SSSR count). The number of nitrogens with zero attached hydrogens (tertiary/aromatic N) is 1. The molecule has 1 fully saturated rings. The van der Waals surface area contributed by atoms with Crippen LogP contribution in [0.3, 0.4) is 0 Å². The predicted octanol–water partition coefficient (Wildman–Crippen LogP) is 3.60. The van der Waals surface area contributed by atoms with Crippen molar-refractivity contribution in [2.45, 2.75) is 18.4 Å². The molecule has 2 unspecified atom stereocenters. The van der Waals surface area contributed by atoms with E-state index in [2.05, 4.69) is 0 Å². The van der Waals surface area contributed by atoms with Gasteiger partial charge in [-0.1, -0.05) is 23.7 Å². The Morgan fingerprint density at radius 1 is 1.22 bits per heavy atom. The first kappa shape index (κ1) is 18.0.